The van der Waals surface area contributed by atoms with Crippen LogP contribution in [0.3, 0.4) is 0 Å². The highest BCUT2D eigenvalue weighted by Crippen LogP contribution is 2.48. The monoisotopic (exact) mass is 297 g/mol. The highest BCUT2D eigenvalue weighted by Gasteiger charge is 2.46. The number of anilines is 1. The van der Waals surface area contributed by atoms with Crippen LogP contribution in [0.4, 0.5) is 5.69 Å². The molecule has 0 aromatic heterocycles. The average Bonchev–Trinajstić information content (AvgIpc) is 3.06. The van der Waals surface area contributed by atoms with Crippen molar-refractivity contribution in [1.82, 2.24) is 5.43 Å². The van der Waals surface area contributed by atoms with Gasteiger partial charge in [-0.2, -0.15) is 5.10 Å². The molecule has 0 saturated carbocycles. The Morgan fingerprint density at radius 2 is 1.90 bits per heavy atom. The smallest absolute Gasteiger partial charge is 0.194 e. The fourth-order valence-corrected chi connectivity index (χ4v) is 3.87. The molecular weight excluding hydrogens is 282 g/mol. The summed E-state index contributed by atoms with van der Waals surface area (Å²) in [6, 6.07) is 16.5. The number of thioether (sulfide) groups is 1. The van der Waals surface area contributed by atoms with Crippen LogP contribution in [-0.4, -0.2) is 12.3 Å². The van der Waals surface area contributed by atoms with E-state index in [1.807, 2.05) is 12.1 Å². The first kappa shape index (κ1) is 12.6. The molecule has 0 amide bonds. The van der Waals surface area contributed by atoms with Crippen molar-refractivity contribution in [3.8, 4) is 5.75 Å². The minimum absolute atomic E-state index is 0.374. The number of methoxy groups -OCH3 is 1. The minimum Gasteiger partial charge on any atom is -0.497 e. The Bertz CT molecular complexity index is 729. The van der Waals surface area contributed by atoms with Crippen molar-refractivity contribution in [2.24, 2.45) is 5.10 Å². The first-order valence-corrected chi connectivity index (χ1v) is 7.60. The molecule has 2 aliphatic heterocycles. The van der Waals surface area contributed by atoms with Gasteiger partial charge in [-0.25, -0.2) is 0 Å². The predicted molar refractivity (Wildman–Crippen MR) is 85.7 cm³/mol. The maximum Gasteiger partial charge on any atom is 0.194 e. The van der Waals surface area contributed by atoms with E-state index in [9.17, 15) is 0 Å². The van der Waals surface area contributed by atoms with Crippen LogP contribution >= 0.6 is 11.8 Å². The summed E-state index contributed by atoms with van der Waals surface area (Å²) in [5.41, 5.74) is 5.26. The number of benzene rings is 2. The highest BCUT2D eigenvalue weighted by molar-refractivity contribution is 8.14. The zero-order valence-corrected chi connectivity index (χ0v) is 12.6. The molecule has 2 heterocycles. The van der Waals surface area contributed by atoms with Gasteiger partial charge in [-0.15, -0.1) is 0 Å². The van der Waals surface area contributed by atoms with E-state index in [1.165, 1.54) is 10.6 Å². The molecule has 4 nitrogen and oxygen atoms in total. The summed E-state index contributed by atoms with van der Waals surface area (Å²) in [6.45, 7) is 2.15. The largest absolute Gasteiger partial charge is 0.497 e. The van der Waals surface area contributed by atoms with E-state index in [1.54, 1.807) is 18.9 Å². The van der Waals surface area contributed by atoms with Crippen molar-refractivity contribution in [2.75, 3.05) is 12.0 Å². The molecule has 106 valence electrons. The number of rotatable bonds is 2. The Hall–Kier alpha value is -2.14. The molecule has 4 rings (SSSR count). The van der Waals surface area contributed by atoms with Gasteiger partial charge in [0.2, 0.25) is 0 Å². The fourth-order valence-electron chi connectivity index (χ4n) is 2.80. The summed E-state index contributed by atoms with van der Waals surface area (Å²) in [6.07, 6.45) is 0. The van der Waals surface area contributed by atoms with E-state index in [0.717, 1.165) is 16.5 Å². The first-order chi connectivity index (χ1) is 10.2. The number of hydrazone groups is 1. The second kappa shape index (κ2) is 4.43. The molecule has 0 spiro atoms. The van der Waals surface area contributed by atoms with Gasteiger partial charge in [0.1, 0.15) is 5.75 Å². The third-order valence-corrected chi connectivity index (χ3v) is 4.99. The molecule has 21 heavy (non-hydrogen) atoms. The topological polar surface area (TPSA) is 36.9 Å². The number of hydrogen-bond donors (Lipinski definition) is 1. The van der Waals surface area contributed by atoms with Crippen molar-refractivity contribution >= 4 is 22.6 Å². The van der Waals surface area contributed by atoms with Crippen LogP contribution in [0.15, 0.2) is 58.5 Å². The van der Waals surface area contributed by atoms with Gasteiger partial charge in [0, 0.05) is 4.90 Å². The molecule has 1 N–H and O–H groups in total. The zero-order valence-electron chi connectivity index (χ0n) is 11.8. The molecule has 0 fully saturated rings. The molecule has 2 aliphatic rings. The second-order valence-corrected chi connectivity index (χ2v) is 6.22. The Morgan fingerprint density at radius 3 is 2.67 bits per heavy atom. The summed E-state index contributed by atoms with van der Waals surface area (Å²) in [7, 11) is 1.68. The number of nitrogens with zero attached hydrogens (tertiary/aromatic N) is 2. The van der Waals surface area contributed by atoms with Gasteiger partial charge >= 0.3 is 0 Å². The minimum atomic E-state index is -0.374. The second-order valence-electron chi connectivity index (χ2n) is 5.21. The standard InChI is InChI=1S/C16H15N3OS/c1-16(11-7-9-12(20-2)10-8-11)18-17-15-19(16)13-5-3-4-6-14(13)21-15/h3-10,18H,1-2H3/t16-/m0/s1. The lowest BCUT2D eigenvalue weighted by atomic mass is 10.00. The van der Waals surface area contributed by atoms with Crippen LogP contribution in [0.5, 0.6) is 5.75 Å². The van der Waals surface area contributed by atoms with Gasteiger partial charge in [-0.1, -0.05) is 24.3 Å². The normalized spacial score (nSPS) is 22.4. The lowest BCUT2D eigenvalue weighted by Gasteiger charge is -2.34. The van der Waals surface area contributed by atoms with Crippen LogP contribution in [-0.2, 0) is 5.66 Å². The summed E-state index contributed by atoms with van der Waals surface area (Å²) in [5, 5.41) is 5.50. The third-order valence-electron chi connectivity index (χ3n) is 3.97. The maximum atomic E-state index is 5.24. The molecule has 5 heteroatoms. The van der Waals surface area contributed by atoms with E-state index < -0.39 is 0 Å². The average molecular weight is 297 g/mol. The number of hydrogen-bond acceptors (Lipinski definition) is 5. The lowest BCUT2D eigenvalue weighted by Crippen LogP contribution is -2.47. The molecule has 0 unspecified atom stereocenters. The van der Waals surface area contributed by atoms with Crippen LogP contribution in [0.25, 0.3) is 0 Å². The highest BCUT2D eigenvalue weighted by atomic mass is 32.2. The molecule has 1 atom stereocenters. The van der Waals surface area contributed by atoms with E-state index in [-0.39, 0.29) is 5.66 Å². The Labute approximate surface area is 127 Å². The van der Waals surface area contributed by atoms with Crippen LogP contribution < -0.4 is 15.1 Å². The Morgan fingerprint density at radius 1 is 1.14 bits per heavy atom. The first-order valence-electron chi connectivity index (χ1n) is 6.79. The van der Waals surface area contributed by atoms with Crippen molar-refractivity contribution in [3.05, 3.63) is 54.1 Å². The van der Waals surface area contributed by atoms with E-state index in [0.29, 0.717) is 0 Å². The molecule has 0 aliphatic carbocycles. The molecule has 2 aromatic rings. The van der Waals surface area contributed by atoms with E-state index in [4.69, 9.17) is 4.74 Å². The van der Waals surface area contributed by atoms with E-state index in [2.05, 4.69) is 58.7 Å². The van der Waals surface area contributed by atoms with Gasteiger partial charge in [-0.3, -0.25) is 10.3 Å². The molecule has 0 radical (unpaired) electrons. The zero-order chi connectivity index (χ0) is 14.4. The summed E-state index contributed by atoms with van der Waals surface area (Å²) in [4.78, 5) is 3.51. The van der Waals surface area contributed by atoms with Gasteiger partial charge < -0.3 is 4.74 Å². The number of fused-ring (bicyclic) bond motifs is 3. The quantitative estimate of drug-likeness (QED) is 0.922. The molecular formula is C16H15N3OS. The summed E-state index contributed by atoms with van der Waals surface area (Å²) in [5.74, 6) is 0.859. The maximum absolute atomic E-state index is 5.24. The van der Waals surface area contributed by atoms with Crippen molar-refractivity contribution in [1.29, 1.82) is 0 Å². The fraction of sp³-hybridized carbons (Fsp3) is 0.188. The van der Waals surface area contributed by atoms with Crippen LogP contribution in [0, 0.1) is 0 Å². The van der Waals surface area contributed by atoms with Crippen molar-refractivity contribution < 1.29 is 4.74 Å². The lowest BCUT2D eigenvalue weighted by molar-refractivity contribution is 0.408. The summed E-state index contributed by atoms with van der Waals surface area (Å²) >= 11 is 1.70. The number of nitrogens with one attached hydrogen (secondary N) is 1. The number of amidine groups is 1. The molecule has 0 saturated heterocycles. The van der Waals surface area contributed by atoms with Crippen LogP contribution in [0.1, 0.15) is 12.5 Å². The van der Waals surface area contributed by atoms with Gasteiger partial charge in [0.25, 0.3) is 0 Å². The SMILES string of the molecule is COc1ccc([C@@]2(C)NN=C3Sc4ccccc4N32)cc1. The number of ether oxygens (including phenoxy) is 1. The summed E-state index contributed by atoms with van der Waals surface area (Å²) < 4.78 is 5.24. The third kappa shape index (κ3) is 1.74. The van der Waals surface area contributed by atoms with Crippen molar-refractivity contribution in [2.45, 2.75) is 17.5 Å². The van der Waals surface area contributed by atoms with Crippen LogP contribution in [0.2, 0.25) is 0 Å². The van der Waals surface area contributed by atoms with Crippen molar-refractivity contribution in [3.63, 3.8) is 0 Å². The van der Waals surface area contributed by atoms with E-state index >= 15 is 0 Å². The predicted octanol–water partition coefficient (Wildman–Crippen LogP) is 3.35. The Kier molecular flexibility index (Phi) is 2.65. The molecule has 2 aromatic carbocycles. The molecule has 0 bridgehead atoms. The van der Waals surface area contributed by atoms with Gasteiger partial charge in [-0.05, 0) is 48.5 Å². The Balaban J connectivity index is 1.79. The number of para-hydroxylation sites is 1. The van der Waals surface area contributed by atoms with Gasteiger partial charge in [0.05, 0.1) is 12.8 Å². The van der Waals surface area contributed by atoms with Gasteiger partial charge in [0.15, 0.2) is 10.8 Å².